The van der Waals surface area contributed by atoms with Crippen LogP contribution >= 0.6 is 0 Å². The molecule has 0 unspecified atom stereocenters. The molecular weight excluding hydrogens is 524 g/mol. The number of benzene rings is 1. The third kappa shape index (κ3) is 7.11. The van der Waals surface area contributed by atoms with Gasteiger partial charge in [0.25, 0.3) is 5.91 Å². The normalized spacial score (nSPS) is 11.6. The van der Waals surface area contributed by atoms with Gasteiger partial charge in [-0.2, -0.15) is 13.2 Å². The van der Waals surface area contributed by atoms with Gasteiger partial charge < -0.3 is 19.5 Å². The van der Waals surface area contributed by atoms with Crippen LogP contribution < -0.4 is 19.5 Å². The molecule has 1 amide bonds. The molecule has 3 rings (SSSR count). The van der Waals surface area contributed by atoms with Crippen LogP contribution in [0.5, 0.6) is 23.0 Å². The number of ketones is 1. The van der Waals surface area contributed by atoms with Gasteiger partial charge in [-0.05, 0) is 31.2 Å². The molecule has 202 valence electrons. The molecular formula is C24H19F6N3O5. The fraction of sp³-hybridized carbons (Fsp3) is 0.250. The van der Waals surface area contributed by atoms with Gasteiger partial charge in [-0.3, -0.25) is 14.6 Å². The number of Topliss-reactive ketones (excluding diaryl/α,β-unsaturated/α-hetero) is 1. The second-order valence-corrected chi connectivity index (χ2v) is 7.64. The lowest BCUT2D eigenvalue weighted by atomic mass is 10.1. The van der Waals surface area contributed by atoms with Gasteiger partial charge in [-0.15, -0.1) is 13.2 Å². The minimum atomic E-state index is -5.00. The third-order valence-electron chi connectivity index (χ3n) is 4.81. The third-order valence-corrected chi connectivity index (χ3v) is 4.81. The number of alkyl halides is 6. The van der Waals surface area contributed by atoms with E-state index < -0.39 is 41.2 Å². The molecule has 0 aliphatic carbocycles. The summed E-state index contributed by atoms with van der Waals surface area (Å²) in [5.41, 5.74) is -1.23. The van der Waals surface area contributed by atoms with Crippen LogP contribution in [0.4, 0.5) is 32.0 Å². The summed E-state index contributed by atoms with van der Waals surface area (Å²) in [5.74, 6) is -3.17. The predicted octanol–water partition coefficient (Wildman–Crippen LogP) is 6.35. The monoisotopic (exact) mass is 543 g/mol. The smallest absolute Gasteiger partial charge is 0.493 e. The summed E-state index contributed by atoms with van der Waals surface area (Å²) in [6.07, 6.45) is -9.12. The van der Waals surface area contributed by atoms with Crippen LogP contribution in [0.25, 0.3) is 0 Å². The first-order chi connectivity index (χ1) is 17.7. The Bertz CT molecular complexity index is 1360. The zero-order valence-corrected chi connectivity index (χ0v) is 20.0. The molecule has 0 atom stereocenters. The summed E-state index contributed by atoms with van der Waals surface area (Å²) < 4.78 is 91.9. The van der Waals surface area contributed by atoms with Gasteiger partial charge in [0.1, 0.15) is 28.5 Å². The molecule has 0 saturated carbocycles. The van der Waals surface area contributed by atoms with Gasteiger partial charge in [0.2, 0.25) is 0 Å². The number of hydrogen-bond acceptors (Lipinski definition) is 7. The first-order valence-corrected chi connectivity index (χ1v) is 10.7. The topological polar surface area (TPSA) is 99.6 Å². The molecule has 0 fully saturated rings. The lowest BCUT2D eigenvalue weighted by Gasteiger charge is -2.17. The molecule has 1 aromatic carbocycles. The number of carbonyl (C=O) groups excluding carboxylic acids is 2. The van der Waals surface area contributed by atoms with Crippen molar-refractivity contribution in [3.05, 3.63) is 65.2 Å². The number of pyridine rings is 2. The fourth-order valence-electron chi connectivity index (χ4n) is 3.16. The summed E-state index contributed by atoms with van der Waals surface area (Å²) >= 11 is 0. The Kier molecular flexibility index (Phi) is 8.13. The molecule has 14 heteroatoms. The molecule has 1 N–H and O–H groups in total. The van der Waals surface area contributed by atoms with E-state index in [1.54, 1.807) is 13.8 Å². The molecule has 3 aromatic rings. The highest BCUT2D eigenvalue weighted by Gasteiger charge is 2.34. The van der Waals surface area contributed by atoms with E-state index >= 15 is 0 Å². The predicted molar refractivity (Wildman–Crippen MR) is 121 cm³/mol. The Morgan fingerprint density at radius 2 is 1.68 bits per heavy atom. The molecule has 2 aromatic heterocycles. The second kappa shape index (κ2) is 10.9. The zero-order valence-electron chi connectivity index (χ0n) is 20.0. The summed E-state index contributed by atoms with van der Waals surface area (Å²) in [4.78, 5) is 32.4. The number of nitrogens with one attached hydrogen (secondary N) is 1. The van der Waals surface area contributed by atoms with Gasteiger partial charge in [0.05, 0.1) is 7.11 Å². The standard InChI is InChI=1S/C24H19F6N3O5/c1-4-17(34)16-8-13(7-12(2)32-16)33-22(35)15-11-31-21(23(25,26)27)10-19(15)37-18-6-5-14(9-20(18)36-3)38-24(28,29)30/h5-11H,4H2,1-3H3,(H,32,33,35). The molecule has 0 bridgehead atoms. The largest absolute Gasteiger partial charge is 0.573 e. The molecule has 0 aliphatic rings. The maximum atomic E-state index is 13.3. The van der Waals surface area contributed by atoms with E-state index in [0.717, 1.165) is 25.3 Å². The van der Waals surface area contributed by atoms with E-state index in [1.807, 2.05) is 0 Å². The van der Waals surface area contributed by atoms with Crippen LogP contribution in [0.1, 0.15) is 45.6 Å². The van der Waals surface area contributed by atoms with Crippen molar-refractivity contribution >= 4 is 17.4 Å². The van der Waals surface area contributed by atoms with Gasteiger partial charge >= 0.3 is 12.5 Å². The van der Waals surface area contributed by atoms with Crippen molar-refractivity contribution in [1.82, 2.24) is 9.97 Å². The number of aryl methyl sites for hydroxylation is 1. The highest BCUT2D eigenvalue weighted by atomic mass is 19.4. The lowest BCUT2D eigenvalue weighted by molar-refractivity contribution is -0.274. The van der Waals surface area contributed by atoms with E-state index in [4.69, 9.17) is 9.47 Å². The summed E-state index contributed by atoms with van der Waals surface area (Å²) in [7, 11) is 1.09. The number of methoxy groups -OCH3 is 1. The van der Waals surface area contributed by atoms with Crippen molar-refractivity contribution in [2.75, 3.05) is 12.4 Å². The number of anilines is 1. The molecule has 2 heterocycles. The van der Waals surface area contributed by atoms with E-state index in [2.05, 4.69) is 20.0 Å². The summed E-state index contributed by atoms with van der Waals surface area (Å²) in [5, 5.41) is 2.46. The average molecular weight is 543 g/mol. The van der Waals surface area contributed by atoms with E-state index in [-0.39, 0.29) is 35.1 Å². The highest BCUT2D eigenvalue weighted by Crippen LogP contribution is 2.39. The SMILES string of the molecule is CCC(=O)c1cc(NC(=O)c2cnc(C(F)(F)F)cc2Oc2ccc(OC(F)(F)F)cc2OC)cc(C)n1. The molecule has 0 aliphatic heterocycles. The van der Waals surface area contributed by atoms with Crippen LogP contribution in [0.15, 0.2) is 42.6 Å². The van der Waals surface area contributed by atoms with Crippen LogP contribution in [-0.2, 0) is 6.18 Å². The number of halogens is 6. The average Bonchev–Trinajstić information content (AvgIpc) is 2.82. The first-order valence-electron chi connectivity index (χ1n) is 10.7. The Hall–Kier alpha value is -4.36. The molecule has 38 heavy (non-hydrogen) atoms. The van der Waals surface area contributed by atoms with Crippen LogP contribution in [0.2, 0.25) is 0 Å². The number of nitrogens with zero attached hydrogens (tertiary/aromatic N) is 2. The molecule has 8 nitrogen and oxygen atoms in total. The summed E-state index contributed by atoms with van der Waals surface area (Å²) in [6.45, 7) is 3.20. The van der Waals surface area contributed by atoms with E-state index in [9.17, 15) is 35.9 Å². The molecule has 0 spiro atoms. The van der Waals surface area contributed by atoms with E-state index in [1.165, 1.54) is 12.1 Å². The molecule has 0 radical (unpaired) electrons. The van der Waals surface area contributed by atoms with Crippen molar-refractivity contribution in [2.45, 2.75) is 32.8 Å². The Morgan fingerprint density at radius 3 is 2.29 bits per heavy atom. The van der Waals surface area contributed by atoms with Gasteiger partial charge in [-0.25, -0.2) is 4.98 Å². The second-order valence-electron chi connectivity index (χ2n) is 7.64. The summed E-state index contributed by atoms with van der Waals surface area (Å²) in [6, 6.07) is 5.81. The Labute approximate surface area is 211 Å². The first kappa shape index (κ1) is 28.2. The zero-order chi connectivity index (χ0) is 28.3. The maximum Gasteiger partial charge on any atom is 0.573 e. The Morgan fingerprint density at radius 1 is 0.974 bits per heavy atom. The van der Waals surface area contributed by atoms with Gasteiger partial charge in [0, 0.05) is 36.1 Å². The van der Waals surface area contributed by atoms with Crippen molar-refractivity contribution in [3.8, 4) is 23.0 Å². The van der Waals surface area contributed by atoms with Crippen LogP contribution in [0.3, 0.4) is 0 Å². The van der Waals surface area contributed by atoms with Crippen molar-refractivity contribution < 1.29 is 50.1 Å². The highest BCUT2D eigenvalue weighted by molar-refractivity contribution is 6.06. The fourth-order valence-corrected chi connectivity index (χ4v) is 3.16. The lowest BCUT2D eigenvalue weighted by Crippen LogP contribution is -2.17. The van der Waals surface area contributed by atoms with Crippen molar-refractivity contribution in [3.63, 3.8) is 0 Å². The number of hydrogen-bond donors (Lipinski definition) is 1. The number of aromatic nitrogens is 2. The Balaban J connectivity index is 2.01. The number of rotatable bonds is 8. The van der Waals surface area contributed by atoms with E-state index in [0.29, 0.717) is 18.0 Å². The minimum Gasteiger partial charge on any atom is -0.493 e. The van der Waals surface area contributed by atoms with Crippen molar-refractivity contribution in [2.24, 2.45) is 0 Å². The van der Waals surface area contributed by atoms with Crippen LogP contribution in [-0.4, -0.2) is 35.1 Å². The number of ether oxygens (including phenoxy) is 3. The van der Waals surface area contributed by atoms with Crippen LogP contribution in [0, 0.1) is 6.92 Å². The number of carbonyl (C=O) groups is 2. The van der Waals surface area contributed by atoms with Gasteiger partial charge in [0.15, 0.2) is 17.3 Å². The maximum absolute atomic E-state index is 13.3. The molecule has 0 saturated heterocycles. The quantitative estimate of drug-likeness (QED) is 0.261. The van der Waals surface area contributed by atoms with Gasteiger partial charge in [-0.1, -0.05) is 6.92 Å². The van der Waals surface area contributed by atoms with Crippen molar-refractivity contribution in [1.29, 1.82) is 0 Å². The number of amides is 1. The minimum absolute atomic E-state index is 0.0794.